The molecular formula is C23H23N5O3. The van der Waals surface area contributed by atoms with Gasteiger partial charge >= 0.3 is 5.69 Å². The fraction of sp³-hybridized carbons (Fsp3) is 0.217. The maximum absolute atomic E-state index is 12.3. The minimum absolute atomic E-state index is 0.294. The normalized spacial score (nSPS) is 10.8. The van der Waals surface area contributed by atoms with Crippen molar-refractivity contribution in [3.8, 4) is 28.6 Å². The summed E-state index contributed by atoms with van der Waals surface area (Å²) in [5.41, 5.74) is 5.02. The first-order valence-corrected chi connectivity index (χ1v) is 9.80. The summed E-state index contributed by atoms with van der Waals surface area (Å²) in [6, 6.07) is 17.3. The number of hydrogen-bond donors (Lipinski definition) is 0. The summed E-state index contributed by atoms with van der Waals surface area (Å²) in [6.07, 6.45) is 0. The number of tetrazole rings is 1. The Labute approximate surface area is 179 Å². The first kappa shape index (κ1) is 20.3. The van der Waals surface area contributed by atoms with Crippen molar-refractivity contribution in [2.45, 2.75) is 20.5 Å². The van der Waals surface area contributed by atoms with Crippen LogP contribution in [0.3, 0.4) is 0 Å². The number of methoxy groups -OCH3 is 1. The van der Waals surface area contributed by atoms with E-state index in [0.717, 1.165) is 33.7 Å². The Kier molecular flexibility index (Phi) is 5.53. The van der Waals surface area contributed by atoms with Crippen LogP contribution in [0.2, 0.25) is 0 Å². The van der Waals surface area contributed by atoms with Gasteiger partial charge in [-0.3, -0.25) is 0 Å². The maximum atomic E-state index is 12.3. The first-order valence-electron chi connectivity index (χ1n) is 9.80. The van der Waals surface area contributed by atoms with Gasteiger partial charge in [-0.25, -0.2) is 9.78 Å². The molecule has 2 aromatic heterocycles. The monoisotopic (exact) mass is 417 g/mol. The third-order valence-electron chi connectivity index (χ3n) is 5.11. The predicted molar refractivity (Wildman–Crippen MR) is 117 cm³/mol. The van der Waals surface area contributed by atoms with Crippen molar-refractivity contribution in [2.75, 3.05) is 7.11 Å². The molecule has 0 amide bonds. The van der Waals surface area contributed by atoms with E-state index in [2.05, 4.69) is 15.4 Å². The molecule has 0 aliphatic rings. The van der Waals surface area contributed by atoms with E-state index in [0.29, 0.717) is 18.2 Å². The van der Waals surface area contributed by atoms with Gasteiger partial charge in [0.2, 0.25) is 5.88 Å². The van der Waals surface area contributed by atoms with E-state index < -0.39 is 0 Å². The number of hydrogen-bond acceptors (Lipinski definition) is 6. The summed E-state index contributed by atoms with van der Waals surface area (Å²) in [5.74, 6) is 1.33. The number of ether oxygens (including phenoxy) is 2. The Morgan fingerprint density at radius 3 is 2.48 bits per heavy atom. The van der Waals surface area contributed by atoms with Crippen LogP contribution in [0.5, 0.6) is 11.6 Å². The molecule has 0 atom stereocenters. The highest BCUT2D eigenvalue weighted by molar-refractivity contribution is 5.62. The summed E-state index contributed by atoms with van der Waals surface area (Å²) in [5, 5.41) is 7.77. The van der Waals surface area contributed by atoms with E-state index in [4.69, 9.17) is 9.47 Å². The van der Waals surface area contributed by atoms with Crippen molar-refractivity contribution in [3.63, 3.8) is 0 Å². The van der Waals surface area contributed by atoms with Crippen molar-refractivity contribution >= 4 is 0 Å². The van der Waals surface area contributed by atoms with Crippen LogP contribution in [0, 0.1) is 13.8 Å². The molecule has 0 radical (unpaired) electrons. The molecule has 8 nitrogen and oxygen atoms in total. The minimum Gasteiger partial charge on any atom is -0.489 e. The second-order valence-corrected chi connectivity index (χ2v) is 7.20. The second kappa shape index (κ2) is 8.43. The Morgan fingerprint density at radius 1 is 0.968 bits per heavy atom. The van der Waals surface area contributed by atoms with Gasteiger partial charge in [-0.1, -0.05) is 18.2 Å². The van der Waals surface area contributed by atoms with Crippen LogP contribution < -0.4 is 15.2 Å². The molecule has 0 fully saturated rings. The van der Waals surface area contributed by atoms with Crippen LogP contribution in [-0.4, -0.2) is 31.9 Å². The van der Waals surface area contributed by atoms with E-state index in [1.54, 1.807) is 14.2 Å². The number of rotatable bonds is 6. The molecule has 0 bridgehead atoms. The van der Waals surface area contributed by atoms with Gasteiger partial charge in [-0.2, -0.15) is 9.36 Å². The van der Waals surface area contributed by atoms with E-state index in [-0.39, 0.29) is 5.69 Å². The van der Waals surface area contributed by atoms with Gasteiger partial charge in [-0.15, -0.1) is 0 Å². The van der Waals surface area contributed by atoms with Gasteiger partial charge in [0.05, 0.1) is 18.5 Å². The van der Waals surface area contributed by atoms with Gasteiger partial charge in [-0.05, 0) is 65.7 Å². The molecule has 158 valence electrons. The quantitative estimate of drug-likeness (QED) is 0.479. The molecule has 0 aliphatic heterocycles. The highest BCUT2D eigenvalue weighted by atomic mass is 16.5. The lowest BCUT2D eigenvalue weighted by atomic mass is 10.1. The number of nitrogens with zero attached hydrogens (tertiary/aromatic N) is 5. The van der Waals surface area contributed by atoms with E-state index >= 15 is 0 Å². The molecule has 8 heteroatoms. The van der Waals surface area contributed by atoms with Crippen molar-refractivity contribution in [1.82, 2.24) is 24.8 Å². The van der Waals surface area contributed by atoms with E-state index in [1.165, 1.54) is 9.36 Å². The molecule has 4 rings (SSSR count). The molecule has 0 saturated heterocycles. The fourth-order valence-electron chi connectivity index (χ4n) is 3.35. The molecule has 0 spiro atoms. The Morgan fingerprint density at radius 2 is 1.77 bits per heavy atom. The van der Waals surface area contributed by atoms with Crippen LogP contribution in [0.25, 0.3) is 16.9 Å². The molecule has 0 aliphatic carbocycles. The summed E-state index contributed by atoms with van der Waals surface area (Å²) < 4.78 is 13.8. The Hall–Kier alpha value is -3.94. The maximum Gasteiger partial charge on any atom is 0.368 e. The predicted octanol–water partition coefficient (Wildman–Crippen LogP) is 3.23. The van der Waals surface area contributed by atoms with Crippen LogP contribution in [0.1, 0.15) is 16.7 Å². The topological polar surface area (TPSA) is 84.1 Å². The number of benzene rings is 2. The smallest absolute Gasteiger partial charge is 0.368 e. The molecule has 2 heterocycles. The molecular weight excluding hydrogens is 394 g/mol. The van der Waals surface area contributed by atoms with Gasteiger partial charge in [0, 0.05) is 24.2 Å². The summed E-state index contributed by atoms with van der Waals surface area (Å²) in [7, 11) is 3.17. The molecule has 4 aromatic rings. The average Bonchev–Trinajstić information content (AvgIpc) is 3.11. The van der Waals surface area contributed by atoms with Crippen molar-refractivity contribution in [1.29, 1.82) is 0 Å². The summed E-state index contributed by atoms with van der Waals surface area (Å²) in [6.45, 7) is 4.27. The zero-order chi connectivity index (χ0) is 22.0. The standard InChI is InChI=1S/C23H23N5O3/c1-15-7-5-9-20(28-23(29)27(3)25-26-28)18(15)14-31-21-12-11-17(13-16(21)2)19-8-6-10-22(24-19)30-4/h5-13H,14H2,1-4H3. The third-order valence-corrected chi connectivity index (χ3v) is 5.11. The van der Waals surface area contributed by atoms with E-state index in [1.807, 2.05) is 68.4 Å². The molecule has 31 heavy (non-hydrogen) atoms. The number of pyridine rings is 1. The molecule has 0 saturated carbocycles. The summed E-state index contributed by atoms with van der Waals surface area (Å²) in [4.78, 5) is 16.8. The van der Waals surface area contributed by atoms with Crippen LogP contribution >= 0.6 is 0 Å². The Bertz CT molecular complexity index is 1290. The SMILES string of the molecule is COc1cccc(-c2ccc(OCc3c(C)cccc3-n3nnn(C)c3=O)c(C)c2)n1. The molecule has 0 unspecified atom stereocenters. The molecule has 2 aromatic carbocycles. The highest BCUT2D eigenvalue weighted by Gasteiger charge is 2.14. The lowest BCUT2D eigenvalue weighted by Crippen LogP contribution is -2.23. The molecule has 0 N–H and O–H groups in total. The minimum atomic E-state index is -0.307. The average molecular weight is 417 g/mol. The highest BCUT2D eigenvalue weighted by Crippen LogP contribution is 2.28. The van der Waals surface area contributed by atoms with Crippen LogP contribution in [0.4, 0.5) is 0 Å². The van der Waals surface area contributed by atoms with Gasteiger partial charge in [0.15, 0.2) is 0 Å². The van der Waals surface area contributed by atoms with Crippen LogP contribution in [-0.2, 0) is 13.7 Å². The lowest BCUT2D eigenvalue weighted by molar-refractivity contribution is 0.302. The van der Waals surface area contributed by atoms with Gasteiger partial charge in [0.1, 0.15) is 12.4 Å². The fourth-order valence-corrected chi connectivity index (χ4v) is 3.35. The zero-order valence-corrected chi connectivity index (χ0v) is 17.9. The van der Waals surface area contributed by atoms with Crippen molar-refractivity contribution < 1.29 is 9.47 Å². The first-order chi connectivity index (χ1) is 15.0. The lowest BCUT2D eigenvalue weighted by Gasteiger charge is -2.15. The largest absolute Gasteiger partial charge is 0.489 e. The number of aryl methyl sites for hydroxylation is 3. The van der Waals surface area contributed by atoms with Crippen LogP contribution in [0.15, 0.2) is 59.4 Å². The van der Waals surface area contributed by atoms with Gasteiger partial charge in [0.25, 0.3) is 0 Å². The Balaban J connectivity index is 1.60. The second-order valence-electron chi connectivity index (χ2n) is 7.20. The number of aromatic nitrogens is 5. The summed E-state index contributed by atoms with van der Waals surface area (Å²) >= 11 is 0. The van der Waals surface area contributed by atoms with Gasteiger partial charge < -0.3 is 9.47 Å². The zero-order valence-electron chi connectivity index (χ0n) is 17.9. The van der Waals surface area contributed by atoms with Crippen molar-refractivity contribution in [3.05, 3.63) is 81.8 Å². The third kappa shape index (κ3) is 4.05. The van der Waals surface area contributed by atoms with E-state index in [9.17, 15) is 4.79 Å². The van der Waals surface area contributed by atoms with Crippen molar-refractivity contribution in [2.24, 2.45) is 7.05 Å².